The minimum Gasteiger partial charge on any atom is -0.494 e. The van der Waals surface area contributed by atoms with E-state index in [1.807, 2.05) is 32.9 Å². The molecule has 28 heavy (non-hydrogen) atoms. The van der Waals surface area contributed by atoms with Crippen LogP contribution in [0.25, 0.3) is 0 Å². The lowest BCUT2D eigenvalue weighted by Gasteiger charge is -2.28. The topological polar surface area (TPSA) is 70.8 Å². The fourth-order valence-electron chi connectivity index (χ4n) is 3.09. The van der Waals surface area contributed by atoms with Crippen LogP contribution >= 0.6 is 23.2 Å². The van der Waals surface area contributed by atoms with Gasteiger partial charge in [-0.3, -0.25) is 4.79 Å². The molecule has 0 radical (unpaired) electrons. The molecule has 0 amide bonds. The van der Waals surface area contributed by atoms with Gasteiger partial charge in [-0.2, -0.15) is 0 Å². The molecule has 7 heteroatoms. The third-order valence-corrected chi connectivity index (χ3v) is 4.64. The summed E-state index contributed by atoms with van der Waals surface area (Å²) in [5.41, 5.74) is 7.09. The second-order valence-corrected chi connectivity index (χ2v) is 6.98. The number of carbonyl (C=O) groups excluding carboxylic acids is 1. The highest BCUT2D eigenvalue weighted by molar-refractivity contribution is 6.31. The summed E-state index contributed by atoms with van der Waals surface area (Å²) < 4.78 is 17.2. The Morgan fingerprint density at radius 2 is 1.43 bits per heavy atom. The first-order chi connectivity index (χ1) is 13.4. The van der Waals surface area contributed by atoms with Crippen molar-refractivity contribution >= 4 is 29.2 Å². The first-order valence-corrected chi connectivity index (χ1v) is 9.90. The summed E-state index contributed by atoms with van der Waals surface area (Å²) >= 11 is 12.3. The molecule has 0 fully saturated rings. The van der Waals surface area contributed by atoms with E-state index in [-0.39, 0.29) is 12.5 Å². The molecular formula is C21H25Cl2NO4. The van der Waals surface area contributed by atoms with Crippen LogP contribution in [0, 0.1) is 0 Å². The van der Waals surface area contributed by atoms with Crippen LogP contribution in [0.1, 0.15) is 37.8 Å². The maximum Gasteiger partial charge on any atom is 0.319 e. The lowest BCUT2D eigenvalue weighted by atomic mass is 9.86. The maximum absolute atomic E-state index is 11.9. The van der Waals surface area contributed by atoms with Crippen LogP contribution in [-0.2, 0) is 9.53 Å². The van der Waals surface area contributed by atoms with Gasteiger partial charge in [0.05, 0.1) is 25.7 Å². The molecule has 1 atom stereocenters. The van der Waals surface area contributed by atoms with Gasteiger partial charge in [-0.25, -0.2) is 0 Å². The highest BCUT2D eigenvalue weighted by Crippen LogP contribution is 2.41. The third kappa shape index (κ3) is 5.53. The largest absolute Gasteiger partial charge is 0.494 e. The molecule has 0 aromatic heterocycles. The van der Waals surface area contributed by atoms with E-state index < -0.39 is 12.1 Å². The highest BCUT2D eigenvalue weighted by Gasteiger charge is 2.30. The molecular weight excluding hydrogens is 401 g/mol. The van der Waals surface area contributed by atoms with Gasteiger partial charge in [-0.05, 0) is 45.0 Å². The van der Waals surface area contributed by atoms with Crippen molar-refractivity contribution in [3.63, 3.8) is 0 Å². The van der Waals surface area contributed by atoms with Crippen LogP contribution in [0.15, 0.2) is 36.4 Å². The van der Waals surface area contributed by atoms with Crippen molar-refractivity contribution in [2.24, 2.45) is 5.73 Å². The molecule has 2 aromatic rings. The van der Waals surface area contributed by atoms with Gasteiger partial charge in [0.15, 0.2) is 0 Å². The maximum atomic E-state index is 11.9. The summed E-state index contributed by atoms with van der Waals surface area (Å²) in [6.45, 7) is 6.34. The average Bonchev–Trinajstić information content (AvgIpc) is 2.65. The SMILES string of the molecule is CCOc1cc(Cl)ccc1C(c1ccc(Cl)cc1OCC)C(C)OC(=O)CN. The molecule has 0 heterocycles. The molecule has 2 N–H and O–H groups in total. The van der Waals surface area contributed by atoms with Gasteiger partial charge in [-0.15, -0.1) is 0 Å². The number of nitrogens with two attached hydrogens (primary N) is 1. The van der Waals surface area contributed by atoms with Crippen LogP contribution in [0.5, 0.6) is 11.5 Å². The van der Waals surface area contributed by atoms with Crippen molar-refractivity contribution in [2.45, 2.75) is 32.8 Å². The van der Waals surface area contributed by atoms with Gasteiger partial charge < -0.3 is 19.9 Å². The molecule has 2 aromatic carbocycles. The molecule has 0 aliphatic rings. The van der Waals surface area contributed by atoms with E-state index in [4.69, 9.17) is 43.1 Å². The molecule has 0 saturated carbocycles. The van der Waals surface area contributed by atoms with E-state index in [1.165, 1.54) is 0 Å². The predicted octanol–water partition coefficient (Wildman–Crippen LogP) is 4.81. The Hall–Kier alpha value is -1.95. The van der Waals surface area contributed by atoms with Crippen molar-refractivity contribution in [1.29, 1.82) is 0 Å². The van der Waals surface area contributed by atoms with Gasteiger partial charge in [0.2, 0.25) is 0 Å². The Morgan fingerprint density at radius 3 is 1.82 bits per heavy atom. The normalized spacial score (nSPS) is 12.0. The fraction of sp³-hybridized carbons (Fsp3) is 0.381. The number of esters is 1. The van der Waals surface area contributed by atoms with E-state index in [1.54, 1.807) is 24.3 Å². The second-order valence-electron chi connectivity index (χ2n) is 6.11. The van der Waals surface area contributed by atoms with E-state index in [0.29, 0.717) is 34.8 Å². The summed E-state index contributed by atoms with van der Waals surface area (Å²) in [4.78, 5) is 11.9. The number of halogens is 2. The molecule has 1 unspecified atom stereocenters. The highest BCUT2D eigenvalue weighted by atomic mass is 35.5. The Morgan fingerprint density at radius 1 is 0.964 bits per heavy atom. The fourth-order valence-corrected chi connectivity index (χ4v) is 3.41. The predicted molar refractivity (Wildman–Crippen MR) is 112 cm³/mol. The van der Waals surface area contributed by atoms with Crippen molar-refractivity contribution in [3.05, 3.63) is 57.6 Å². The lowest BCUT2D eigenvalue weighted by molar-refractivity contribution is -0.147. The van der Waals surface area contributed by atoms with Crippen LogP contribution in [0.3, 0.4) is 0 Å². The molecule has 0 aliphatic carbocycles. The minimum atomic E-state index is -0.531. The monoisotopic (exact) mass is 425 g/mol. The zero-order chi connectivity index (χ0) is 20.7. The first kappa shape index (κ1) is 22.3. The standard InChI is InChI=1S/C21H25Cl2NO4/c1-4-26-18-10-14(22)6-8-16(18)21(13(3)28-20(25)12-24)17-9-7-15(23)11-19(17)27-5-2/h6-11,13,21H,4-5,12,24H2,1-3H3. The molecule has 152 valence electrons. The minimum absolute atomic E-state index is 0.199. The van der Waals surface area contributed by atoms with Gasteiger partial charge in [0.1, 0.15) is 17.6 Å². The van der Waals surface area contributed by atoms with Crippen molar-refractivity contribution in [3.8, 4) is 11.5 Å². The molecule has 0 bridgehead atoms. The number of carbonyl (C=O) groups is 1. The molecule has 5 nitrogen and oxygen atoms in total. The van der Waals surface area contributed by atoms with Crippen LogP contribution in [-0.4, -0.2) is 31.8 Å². The number of ether oxygens (including phenoxy) is 3. The van der Waals surface area contributed by atoms with Crippen molar-refractivity contribution < 1.29 is 19.0 Å². The molecule has 2 rings (SSSR count). The Balaban J connectivity index is 2.63. The smallest absolute Gasteiger partial charge is 0.319 e. The summed E-state index contributed by atoms with van der Waals surface area (Å²) in [5, 5.41) is 1.11. The number of hydrogen-bond acceptors (Lipinski definition) is 5. The van der Waals surface area contributed by atoms with Gasteiger partial charge >= 0.3 is 5.97 Å². The van der Waals surface area contributed by atoms with Gasteiger partial charge in [0, 0.05) is 21.2 Å². The van der Waals surface area contributed by atoms with Crippen LogP contribution in [0.2, 0.25) is 10.0 Å². The zero-order valence-corrected chi connectivity index (χ0v) is 17.7. The molecule has 0 spiro atoms. The lowest BCUT2D eigenvalue weighted by Crippen LogP contribution is -2.28. The van der Waals surface area contributed by atoms with Crippen LogP contribution in [0.4, 0.5) is 0 Å². The van der Waals surface area contributed by atoms with E-state index in [9.17, 15) is 4.79 Å². The quantitative estimate of drug-likeness (QED) is 0.583. The number of hydrogen-bond donors (Lipinski definition) is 1. The summed E-state index contributed by atoms with van der Waals surface area (Å²) in [6, 6.07) is 10.8. The summed E-state index contributed by atoms with van der Waals surface area (Å²) in [5.74, 6) is 0.380. The Labute approximate surface area is 175 Å². The summed E-state index contributed by atoms with van der Waals surface area (Å²) in [6.07, 6.45) is -0.531. The van der Waals surface area contributed by atoms with E-state index in [2.05, 4.69) is 0 Å². The molecule has 0 aliphatic heterocycles. The average molecular weight is 426 g/mol. The van der Waals surface area contributed by atoms with Gasteiger partial charge in [-0.1, -0.05) is 35.3 Å². The van der Waals surface area contributed by atoms with E-state index in [0.717, 1.165) is 11.1 Å². The summed E-state index contributed by atoms with van der Waals surface area (Å²) in [7, 11) is 0. The third-order valence-electron chi connectivity index (χ3n) is 4.17. The Bertz CT molecular complexity index is 757. The zero-order valence-electron chi connectivity index (χ0n) is 16.2. The number of benzene rings is 2. The molecule has 0 saturated heterocycles. The number of rotatable bonds is 9. The second kappa shape index (κ2) is 10.6. The van der Waals surface area contributed by atoms with E-state index >= 15 is 0 Å². The van der Waals surface area contributed by atoms with Crippen molar-refractivity contribution in [1.82, 2.24) is 0 Å². The van der Waals surface area contributed by atoms with Gasteiger partial charge in [0.25, 0.3) is 0 Å². The Kier molecular flexibility index (Phi) is 8.42. The van der Waals surface area contributed by atoms with Crippen molar-refractivity contribution in [2.75, 3.05) is 19.8 Å². The first-order valence-electron chi connectivity index (χ1n) is 9.15. The van der Waals surface area contributed by atoms with Crippen LogP contribution < -0.4 is 15.2 Å².